The molecule has 0 spiro atoms. The molecule has 2 aliphatic carbocycles. The maximum Gasteiger partial charge on any atom is 0.260 e. The van der Waals surface area contributed by atoms with Gasteiger partial charge in [-0.05, 0) is 79.1 Å². The number of allylic oxidation sites excluding steroid dienone is 2. The van der Waals surface area contributed by atoms with Gasteiger partial charge in [-0.2, -0.15) is 5.01 Å². The molecule has 13 heteroatoms. The predicted octanol–water partition coefficient (Wildman–Crippen LogP) is 6.85. The lowest BCUT2D eigenvalue weighted by molar-refractivity contribution is -0.144. The van der Waals surface area contributed by atoms with E-state index < -0.39 is 52.6 Å². The van der Waals surface area contributed by atoms with E-state index in [4.69, 9.17) is 21.1 Å². The maximum absolute atomic E-state index is 15.5. The SMILES string of the molecule is COc1cc(O)c([C@H]2C3=CC[C@@H]4C(=O)N(C5CCN(Cc6ccccc6)CC5)C(=O)[C@@H]4[C@@H]3C[C@H]3C(=O)N(Nc4ccc(F)cc4)C(=O)[C@@]23c2ccc(Cl)cc2)c(OC)c1. The Morgan fingerprint density at radius 2 is 1.58 bits per heavy atom. The number of likely N-dealkylation sites (tertiary alicyclic amines) is 2. The summed E-state index contributed by atoms with van der Waals surface area (Å²) in [7, 11) is 2.90. The van der Waals surface area contributed by atoms with Crippen LogP contribution >= 0.6 is 11.6 Å². The minimum absolute atomic E-state index is 0.0694. The average molecular weight is 819 g/mol. The maximum atomic E-state index is 15.5. The standard InChI is InChI=1S/C46H44ClFN4O7/c1-58-32-22-37(53)40(38(23-32)59-2)41-33-16-17-34-39(44(56)51(42(34)54)31-18-20-50(21-19-31)25-26-6-4-3-5-7-26)35(33)24-36-43(55)52(49-30-14-12-29(48)13-15-30)45(57)46(36,41)27-8-10-28(47)11-9-27/h3-16,22-23,31,34-36,39,41,49,53H,17-21,24-25H2,1-2H3/t34-,35+,36-,39-,41+,46+/m0/s1. The third-order valence-electron chi connectivity index (χ3n) is 13.3. The number of anilines is 1. The molecule has 11 nitrogen and oxygen atoms in total. The van der Waals surface area contributed by atoms with Gasteiger partial charge in [0, 0.05) is 54.3 Å². The molecule has 0 unspecified atom stereocenters. The first kappa shape index (κ1) is 38.8. The van der Waals surface area contributed by atoms with Crippen LogP contribution in [-0.2, 0) is 31.1 Å². The topological polar surface area (TPSA) is 129 Å². The number of hydrogen-bond acceptors (Lipinski definition) is 9. The third kappa shape index (κ3) is 6.26. The van der Waals surface area contributed by atoms with E-state index in [-0.39, 0.29) is 47.8 Å². The highest BCUT2D eigenvalue weighted by Crippen LogP contribution is 2.66. The van der Waals surface area contributed by atoms with Crippen LogP contribution in [0.15, 0.2) is 103 Å². The number of aromatic hydroxyl groups is 1. The summed E-state index contributed by atoms with van der Waals surface area (Å²) in [6.07, 6.45) is 3.54. The fourth-order valence-electron chi connectivity index (χ4n) is 10.7. The molecule has 0 aromatic heterocycles. The van der Waals surface area contributed by atoms with Crippen LogP contribution in [-0.4, -0.2) is 76.9 Å². The zero-order chi connectivity index (χ0) is 41.2. The van der Waals surface area contributed by atoms with Gasteiger partial charge in [0.25, 0.3) is 11.8 Å². The number of carbonyl (C=O) groups excluding carboxylic acids is 4. The number of methoxy groups -OCH3 is 2. The van der Waals surface area contributed by atoms with Crippen molar-refractivity contribution in [1.29, 1.82) is 0 Å². The number of hydrazine groups is 1. The van der Waals surface area contributed by atoms with E-state index in [0.29, 0.717) is 40.4 Å². The molecule has 1 saturated carbocycles. The van der Waals surface area contributed by atoms with Gasteiger partial charge in [0.1, 0.15) is 23.1 Å². The second-order valence-electron chi connectivity index (χ2n) is 16.2. The molecule has 3 aliphatic heterocycles. The van der Waals surface area contributed by atoms with Crippen LogP contribution < -0.4 is 14.9 Å². The summed E-state index contributed by atoms with van der Waals surface area (Å²) in [5, 5.41) is 13.4. The van der Waals surface area contributed by atoms with Gasteiger partial charge in [0.15, 0.2) is 0 Å². The number of phenols is 1. The average Bonchev–Trinajstić information content (AvgIpc) is 3.63. The molecule has 4 amide bonds. The monoisotopic (exact) mass is 818 g/mol. The normalized spacial score (nSPS) is 27.0. The van der Waals surface area contributed by atoms with Crippen molar-refractivity contribution in [3.8, 4) is 17.2 Å². The fourth-order valence-corrected chi connectivity index (χ4v) is 10.8. The first-order valence-corrected chi connectivity index (χ1v) is 20.4. The van der Waals surface area contributed by atoms with Gasteiger partial charge in [0.05, 0.1) is 43.1 Å². The van der Waals surface area contributed by atoms with Crippen LogP contribution in [0, 0.1) is 29.5 Å². The quantitative estimate of drug-likeness (QED) is 0.138. The number of halogens is 2. The highest BCUT2D eigenvalue weighted by Gasteiger charge is 2.71. The summed E-state index contributed by atoms with van der Waals surface area (Å²) in [6.45, 7) is 2.25. The Labute approximate surface area is 346 Å². The van der Waals surface area contributed by atoms with Gasteiger partial charge in [0.2, 0.25) is 11.8 Å². The Bertz CT molecular complexity index is 2350. The molecule has 0 bridgehead atoms. The highest BCUT2D eigenvalue weighted by molar-refractivity contribution is 6.30. The lowest BCUT2D eigenvalue weighted by atomic mass is 9.49. The van der Waals surface area contributed by atoms with E-state index in [1.165, 1.54) is 55.0 Å². The number of benzene rings is 4. The first-order chi connectivity index (χ1) is 28.5. The van der Waals surface area contributed by atoms with Crippen LogP contribution in [0.4, 0.5) is 10.1 Å². The van der Waals surface area contributed by atoms with Gasteiger partial charge in [-0.25, -0.2) is 4.39 Å². The number of nitrogens with zero attached hydrogens (tertiary/aromatic N) is 3. The van der Waals surface area contributed by atoms with Crippen molar-refractivity contribution < 1.29 is 38.1 Å². The summed E-state index contributed by atoms with van der Waals surface area (Å²) < 4.78 is 25.4. The number of fused-ring (bicyclic) bond motifs is 4. The van der Waals surface area contributed by atoms with Crippen LogP contribution in [0.3, 0.4) is 0 Å². The largest absolute Gasteiger partial charge is 0.507 e. The molecule has 5 aliphatic rings. The number of phenolic OH excluding ortho intramolecular Hbond substituents is 1. The molecule has 4 fully saturated rings. The van der Waals surface area contributed by atoms with Crippen molar-refractivity contribution in [2.24, 2.45) is 23.7 Å². The second-order valence-corrected chi connectivity index (χ2v) is 16.6. The van der Waals surface area contributed by atoms with Crippen LogP contribution in [0.1, 0.15) is 48.3 Å². The number of imide groups is 2. The Balaban J connectivity index is 1.15. The van der Waals surface area contributed by atoms with Gasteiger partial charge in [-0.1, -0.05) is 65.7 Å². The van der Waals surface area contributed by atoms with Gasteiger partial charge in [-0.3, -0.25) is 34.4 Å². The first-order valence-electron chi connectivity index (χ1n) is 20.0. The van der Waals surface area contributed by atoms with E-state index in [9.17, 15) is 19.1 Å². The number of rotatable bonds is 9. The van der Waals surface area contributed by atoms with Crippen molar-refractivity contribution in [2.45, 2.75) is 49.6 Å². The van der Waals surface area contributed by atoms with Gasteiger partial charge < -0.3 is 14.6 Å². The minimum atomic E-state index is -1.69. The van der Waals surface area contributed by atoms with Gasteiger partial charge >= 0.3 is 0 Å². The van der Waals surface area contributed by atoms with Crippen LogP contribution in [0.2, 0.25) is 5.02 Å². The molecule has 59 heavy (non-hydrogen) atoms. The molecule has 304 valence electrons. The summed E-state index contributed by atoms with van der Waals surface area (Å²) in [5.41, 5.74) is 4.14. The Hall–Kier alpha value is -5.72. The third-order valence-corrected chi connectivity index (χ3v) is 13.6. The molecule has 3 heterocycles. The number of nitrogens with one attached hydrogen (secondary N) is 1. The van der Waals surface area contributed by atoms with E-state index in [2.05, 4.69) is 22.5 Å². The number of carbonyl (C=O) groups is 4. The molecule has 0 radical (unpaired) electrons. The lowest BCUT2D eigenvalue weighted by Gasteiger charge is -2.50. The van der Waals surface area contributed by atoms with Crippen LogP contribution in [0.5, 0.6) is 17.2 Å². The zero-order valence-corrected chi connectivity index (χ0v) is 33.4. The lowest BCUT2D eigenvalue weighted by Crippen LogP contribution is -2.53. The molecular formula is C46H44ClFN4O7. The van der Waals surface area contributed by atoms with Crippen molar-refractivity contribution >= 4 is 40.9 Å². The minimum Gasteiger partial charge on any atom is -0.507 e. The number of hydrogen-bond donors (Lipinski definition) is 2. The van der Waals surface area contributed by atoms with E-state index >= 15 is 9.59 Å². The second kappa shape index (κ2) is 15.1. The zero-order valence-electron chi connectivity index (χ0n) is 32.6. The van der Waals surface area contributed by atoms with E-state index in [1.807, 2.05) is 24.3 Å². The molecular weight excluding hydrogens is 775 g/mol. The number of amides is 4. The Morgan fingerprint density at radius 1 is 0.864 bits per heavy atom. The summed E-state index contributed by atoms with van der Waals surface area (Å²) in [6, 6.07) is 25.0. The van der Waals surface area contributed by atoms with Crippen molar-refractivity contribution in [3.05, 3.63) is 130 Å². The van der Waals surface area contributed by atoms with Crippen molar-refractivity contribution in [1.82, 2.24) is 14.8 Å². The smallest absolute Gasteiger partial charge is 0.260 e. The van der Waals surface area contributed by atoms with E-state index in [1.54, 1.807) is 30.3 Å². The number of ether oxygens (including phenoxy) is 2. The summed E-state index contributed by atoms with van der Waals surface area (Å²) in [4.78, 5) is 63.7. The van der Waals surface area contributed by atoms with Crippen molar-refractivity contribution in [2.75, 3.05) is 32.7 Å². The van der Waals surface area contributed by atoms with E-state index in [0.717, 1.165) is 24.6 Å². The Kier molecular flexibility index (Phi) is 9.95. The molecule has 3 saturated heterocycles. The molecule has 6 atom stereocenters. The van der Waals surface area contributed by atoms with Crippen LogP contribution in [0.25, 0.3) is 0 Å². The number of piperidine rings is 1. The van der Waals surface area contributed by atoms with Crippen molar-refractivity contribution in [3.63, 3.8) is 0 Å². The summed E-state index contributed by atoms with van der Waals surface area (Å²) in [5.74, 6) is -6.06. The van der Waals surface area contributed by atoms with Gasteiger partial charge in [-0.15, -0.1) is 0 Å². The molecule has 2 N–H and O–H groups in total. The molecule has 9 rings (SSSR count). The highest BCUT2D eigenvalue weighted by atomic mass is 35.5. The molecule has 4 aromatic rings. The Morgan fingerprint density at radius 3 is 2.25 bits per heavy atom. The summed E-state index contributed by atoms with van der Waals surface area (Å²) >= 11 is 6.42. The fraction of sp³-hybridized carbons (Fsp3) is 0.348. The molecule has 4 aromatic carbocycles. The predicted molar refractivity (Wildman–Crippen MR) is 217 cm³/mol.